The number of amides is 1. The van der Waals surface area contributed by atoms with Crippen LogP contribution in [0.5, 0.6) is 0 Å². The fourth-order valence-corrected chi connectivity index (χ4v) is 3.42. The molecular formula is C19H24N4OS. The average Bonchev–Trinajstić information content (AvgIpc) is 2.62. The summed E-state index contributed by atoms with van der Waals surface area (Å²) < 4.78 is 0.446. The number of benzene rings is 1. The molecule has 0 atom stereocenters. The van der Waals surface area contributed by atoms with E-state index in [-0.39, 0.29) is 5.91 Å². The highest BCUT2D eigenvalue weighted by atomic mass is 32.1. The number of carbonyl (C=O) groups excluding carboxylic acids is 1. The number of rotatable bonds is 4. The molecule has 2 heterocycles. The molecule has 6 heteroatoms. The fraction of sp³-hybridized carbons (Fsp3) is 0.368. The maximum absolute atomic E-state index is 12.4. The molecule has 0 unspecified atom stereocenters. The summed E-state index contributed by atoms with van der Waals surface area (Å²) in [6.07, 6.45) is 1.72. The van der Waals surface area contributed by atoms with Crippen molar-refractivity contribution in [2.45, 2.75) is 13.8 Å². The third-order valence-electron chi connectivity index (χ3n) is 4.68. The van der Waals surface area contributed by atoms with E-state index in [0.29, 0.717) is 10.2 Å². The normalized spacial score (nSPS) is 15.2. The molecule has 1 aromatic carbocycles. The number of nitrogens with one attached hydrogen (secondary N) is 2. The summed E-state index contributed by atoms with van der Waals surface area (Å²) >= 11 is 5.17. The van der Waals surface area contributed by atoms with Gasteiger partial charge in [0, 0.05) is 43.8 Å². The Hall–Kier alpha value is -2.18. The highest BCUT2D eigenvalue weighted by Gasteiger charge is 2.17. The Morgan fingerprint density at radius 1 is 1.24 bits per heavy atom. The Morgan fingerprint density at radius 2 is 2.00 bits per heavy atom. The Balaban J connectivity index is 1.71. The first kappa shape index (κ1) is 17.6. The zero-order valence-electron chi connectivity index (χ0n) is 14.7. The van der Waals surface area contributed by atoms with Gasteiger partial charge in [-0.1, -0.05) is 19.1 Å². The first-order chi connectivity index (χ1) is 12.1. The molecule has 2 aromatic rings. The van der Waals surface area contributed by atoms with Gasteiger partial charge in [0.25, 0.3) is 5.91 Å². The number of carbonyl (C=O) groups is 1. The molecule has 0 aliphatic carbocycles. The second kappa shape index (κ2) is 7.80. The maximum atomic E-state index is 12.4. The molecule has 1 amide bonds. The number of aromatic nitrogens is 1. The molecule has 1 aromatic heterocycles. The van der Waals surface area contributed by atoms with Crippen LogP contribution in [0.3, 0.4) is 0 Å². The summed E-state index contributed by atoms with van der Waals surface area (Å²) in [5, 5.41) is 2.93. The molecular weight excluding hydrogens is 332 g/mol. The number of aryl methyl sites for hydroxylation is 1. The van der Waals surface area contributed by atoms with Crippen LogP contribution in [0, 0.1) is 11.6 Å². The summed E-state index contributed by atoms with van der Waals surface area (Å²) in [7, 11) is 0. The molecule has 3 rings (SSSR count). The van der Waals surface area contributed by atoms with Crippen LogP contribution in [0.25, 0.3) is 0 Å². The molecule has 1 saturated heterocycles. The second-order valence-electron chi connectivity index (χ2n) is 6.29. The largest absolute Gasteiger partial charge is 0.369 e. The summed E-state index contributed by atoms with van der Waals surface area (Å²) in [6.45, 7) is 9.68. The zero-order valence-corrected chi connectivity index (χ0v) is 15.5. The molecule has 0 spiro atoms. The predicted molar refractivity (Wildman–Crippen MR) is 105 cm³/mol. The van der Waals surface area contributed by atoms with Crippen molar-refractivity contribution in [3.8, 4) is 0 Å². The van der Waals surface area contributed by atoms with Crippen LogP contribution in [0.1, 0.15) is 22.8 Å². The Labute approximate surface area is 153 Å². The van der Waals surface area contributed by atoms with Gasteiger partial charge in [0.15, 0.2) is 0 Å². The lowest BCUT2D eigenvalue weighted by Crippen LogP contribution is -2.46. The first-order valence-corrected chi connectivity index (χ1v) is 9.06. The van der Waals surface area contributed by atoms with E-state index in [0.717, 1.165) is 38.4 Å². The van der Waals surface area contributed by atoms with E-state index in [9.17, 15) is 4.79 Å². The Kier molecular flexibility index (Phi) is 5.50. The topological polar surface area (TPSA) is 51.4 Å². The summed E-state index contributed by atoms with van der Waals surface area (Å²) in [5.74, 6) is -0.189. The van der Waals surface area contributed by atoms with E-state index in [2.05, 4.69) is 40.0 Å². The van der Waals surface area contributed by atoms with Gasteiger partial charge >= 0.3 is 0 Å². The predicted octanol–water partition coefficient (Wildman–Crippen LogP) is 3.45. The van der Waals surface area contributed by atoms with Gasteiger partial charge in [0.05, 0.1) is 5.56 Å². The lowest BCUT2D eigenvalue weighted by molar-refractivity contribution is 0.102. The van der Waals surface area contributed by atoms with Crippen molar-refractivity contribution >= 4 is 29.5 Å². The van der Waals surface area contributed by atoms with Gasteiger partial charge in [0.1, 0.15) is 4.64 Å². The number of pyridine rings is 1. The highest BCUT2D eigenvalue weighted by Crippen LogP contribution is 2.25. The number of hydrogen-bond acceptors (Lipinski definition) is 4. The number of aromatic amines is 1. The Bertz CT molecular complexity index is 809. The van der Waals surface area contributed by atoms with Crippen LogP contribution in [0.4, 0.5) is 11.4 Å². The summed E-state index contributed by atoms with van der Waals surface area (Å²) in [6, 6.07) is 9.58. The SMILES string of the molecule is CCN1CCN(c2ccc(NC(=O)c3ccc[nH]c3=S)cc2C)CC1. The van der Waals surface area contributed by atoms with E-state index < -0.39 is 0 Å². The summed E-state index contributed by atoms with van der Waals surface area (Å²) in [4.78, 5) is 20.1. The minimum atomic E-state index is -0.189. The molecule has 0 radical (unpaired) electrons. The average molecular weight is 356 g/mol. The smallest absolute Gasteiger partial charge is 0.258 e. The minimum Gasteiger partial charge on any atom is -0.369 e. The van der Waals surface area contributed by atoms with Crippen LogP contribution in [-0.2, 0) is 0 Å². The fourth-order valence-electron chi connectivity index (χ4n) is 3.19. The van der Waals surface area contributed by atoms with Crippen molar-refractivity contribution in [3.05, 3.63) is 52.3 Å². The molecule has 25 heavy (non-hydrogen) atoms. The lowest BCUT2D eigenvalue weighted by atomic mass is 10.1. The highest BCUT2D eigenvalue weighted by molar-refractivity contribution is 7.71. The summed E-state index contributed by atoms with van der Waals surface area (Å²) in [5.41, 5.74) is 3.68. The van der Waals surface area contributed by atoms with Gasteiger partial charge in [-0.2, -0.15) is 0 Å². The first-order valence-electron chi connectivity index (χ1n) is 8.65. The molecule has 5 nitrogen and oxygen atoms in total. The molecule has 0 saturated carbocycles. The number of likely N-dealkylation sites (N-methyl/N-ethyl adjacent to an activating group) is 1. The minimum absolute atomic E-state index is 0.189. The number of piperazine rings is 1. The maximum Gasteiger partial charge on any atom is 0.258 e. The standard InChI is InChI=1S/C19H24N4OS/c1-3-22-9-11-23(12-10-22)17-7-6-15(13-14(17)2)21-18(24)16-5-4-8-20-19(16)25/h4-8,13H,3,9-12H2,1-2H3,(H,20,25)(H,21,24). The van der Waals surface area contributed by atoms with Gasteiger partial charge in [-0.05, 0) is 49.4 Å². The Morgan fingerprint density at radius 3 is 2.64 bits per heavy atom. The van der Waals surface area contributed by atoms with Crippen LogP contribution in [-0.4, -0.2) is 48.5 Å². The van der Waals surface area contributed by atoms with Crippen LogP contribution < -0.4 is 10.2 Å². The van der Waals surface area contributed by atoms with Crippen molar-refractivity contribution in [2.24, 2.45) is 0 Å². The van der Waals surface area contributed by atoms with Gasteiger partial charge in [-0.15, -0.1) is 0 Å². The third kappa shape index (κ3) is 4.08. The van der Waals surface area contributed by atoms with Crippen LogP contribution in [0.2, 0.25) is 0 Å². The van der Waals surface area contributed by atoms with Gasteiger partial charge in [0.2, 0.25) is 0 Å². The number of H-pyrrole nitrogens is 1. The zero-order chi connectivity index (χ0) is 17.8. The van der Waals surface area contributed by atoms with Crippen molar-refractivity contribution < 1.29 is 4.79 Å². The van der Waals surface area contributed by atoms with E-state index in [4.69, 9.17) is 12.2 Å². The second-order valence-corrected chi connectivity index (χ2v) is 6.70. The number of nitrogens with zero attached hydrogens (tertiary/aromatic N) is 2. The van der Waals surface area contributed by atoms with Gasteiger partial charge < -0.3 is 20.1 Å². The van der Waals surface area contributed by atoms with Crippen molar-refractivity contribution in [3.63, 3.8) is 0 Å². The van der Waals surface area contributed by atoms with E-state index >= 15 is 0 Å². The van der Waals surface area contributed by atoms with E-state index in [1.54, 1.807) is 18.3 Å². The van der Waals surface area contributed by atoms with Crippen molar-refractivity contribution in [1.82, 2.24) is 9.88 Å². The number of hydrogen-bond donors (Lipinski definition) is 2. The lowest BCUT2D eigenvalue weighted by Gasteiger charge is -2.36. The molecule has 1 aliphatic heterocycles. The van der Waals surface area contributed by atoms with Crippen LogP contribution in [0.15, 0.2) is 36.5 Å². The van der Waals surface area contributed by atoms with E-state index in [1.807, 2.05) is 12.1 Å². The quantitative estimate of drug-likeness (QED) is 0.824. The molecule has 1 aliphatic rings. The van der Waals surface area contributed by atoms with Crippen molar-refractivity contribution in [2.75, 3.05) is 42.9 Å². The van der Waals surface area contributed by atoms with Gasteiger partial charge in [-0.3, -0.25) is 4.79 Å². The van der Waals surface area contributed by atoms with Crippen molar-refractivity contribution in [1.29, 1.82) is 0 Å². The van der Waals surface area contributed by atoms with Gasteiger partial charge in [-0.25, -0.2) is 0 Å². The number of anilines is 2. The third-order valence-corrected chi connectivity index (χ3v) is 5.02. The molecule has 2 N–H and O–H groups in total. The van der Waals surface area contributed by atoms with E-state index in [1.165, 1.54) is 11.3 Å². The molecule has 0 bridgehead atoms. The molecule has 132 valence electrons. The molecule has 1 fully saturated rings. The monoisotopic (exact) mass is 356 g/mol. The van der Waals surface area contributed by atoms with Crippen LogP contribution >= 0.6 is 12.2 Å².